The van der Waals surface area contributed by atoms with E-state index in [-0.39, 0.29) is 6.54 Å². The Morgan fingerprint density at radius 2 is 1.61 bits per heavy atom. The molecule has 3 aromatic carbocycles. The van der Waals surface area contributed by atoms with Crippen LogP contribution in [0.4, 0.5) is 11.5 Å². The number of nitrogens with zero attached hydrogens (tertiary/aromatic N) is 2. The minimum absolute atomic E-state index is 0.177. The fraction of sp³-hybridized carbons (Fsp3) is 0.0435. The van der Waals surface area contributed by atoms with Gasteiger partial charge < -0.3 is 9.83 Å². The summed E-state index contributed by atoms with van der Waals surface area (Å²) in [5, 5.41) is 11.3. The van der Waals surface area contributed by atoms with Gasteiger partial charge in [0.1, 0.15) is 20.2 Å². The predicted octanol–water partition coefficient (Wildman–Crippen LogP) is 4.75. The standard InChI is InChI=1S/C23H18BN3O2S2/c24-16-10-12-17(13-11-16)30-26-21-14-25-23(20-9-5-4-8-19(20)21)27(15-22(28)29)31-18-6-2-1-3-7-18/h1-14,26H,15H2,(H,28,29). The van der Waals surface area contributed by atoms with Gasteiger partial charge in [0, 0.05) is 20.6 Å². The van der Waals surface area contributed by atoms with Gasteiger partial charge in [-0.3, -0.25) is 9.10 Å². The van der Waals surface area contributed by atoms with Gasteiger partial charge in [-0.25, -0.2) is 4.98 Å². The Balaban J connectivity index is 1.66. The second-order valence-corrected chi connectivity index (χ2v) is 8.62. The minimum atomic E-state index is -0.921. The molecule has 4 rings (SSSR count). The molecule has 8 heteroatoms. The van der Waals surface area contributed by atoms with Crippen LogP contribution in [0.25, 0.3) is 10.8 Å². The van der Waals surface area contributed by atoms with Crippen molar-refractivity contribution < 1.29 is 9.90 Å². The number of fused-ring (bicyclic) bond motifs is 1. The third-order valence-electron chi connectivity index (χ3n) is 4.41. The number of carboxylic acid groups (broad SMARTS) is 1. The maximum absolute atomic E-state index is 11.6. The van der Waals surface area contributed by atoms with Crippen LogP contribution in [0.1, 0.15) is 0 Å². The van der Waals surface area contributed by atoms with Crippen LogP contribution in [0.2, 0.25) is 0 Å². The molecule has 1 heterocycles. The number of benzene rings is 3. The van der Waals surface area contributed by atoms with E-state index in [4.69, 9.17) is 7.85 Å². The minimum Gasteiger partial charge on any atom is -0.480 e. The van der Waals surface area contributed by atoms with Crippen LogP contribution in [-0.2, 0) is 4.79 Å². The van der Waals surface area contributed by atoms with Crippen molar-refractivity contribution in [1.82, 2.24) is 4.98 Å². The van der Waals surface area contributed by atoms with Gasteiger partial charge in [0.2, 0.25) is 0 Å². The molecule has 0 aliphatic carbocycles. The molecule has 0 saturated carbocycles. The third-order valence-corrected chi connectivity index (χ3v) is 6.24. The second kappa shape index (κ2) is 9.81. The molecule has 0 unspecified atom stereocenters. The zero-order valence-electron chi connectivity index (χ0n) is 16.4. The number of nitrogens with one attached hydrogen (secondary N) is 1. The largest absolute Gasteiger partial charge is 0.480 e. The first kappa shape index (κ1) is 21.1. The van der Waals surface area contributed by atoms with E-state index in [1.807, 2.05) is 78.9 Å². The van der Waals surface area contributed by atoms with Crippen LogP contribution in [0.3, 0.4) is 0 Å². The van der Waals surface area contributed by atoms with Gasteiger partial charge in [-0.05, 0) is 48.2 Å². The Labute approximate surface area is 190 Å². The highest BCUT2D eigenvalue weighted by molar-refractivity contribution is 8.01. The smallest absolute Gasteiger partial charge is 0.324 e. The van der Waals surface area contributed by atoms with E-state index < -0.39 is 5.97 Å². The van der Waals surface area contributed by atoms with Crippen LogP contribution >= 0.6 is 23.9 Å². The molecule has 0 fully saturated rings. The molecule has 0 bridgehead atoms. The number of aliphatic carboxylic acids is 1. The number of hydrogen-bond acceptors (Lipinski definition) is 6. The molecule has 0 atom stereocenters. The van der Waals surface area contributed by atoms with Crippen molar-refractivity contribution in [1.29, 1.82) is 0 Å². The molecule has 2 radical (unpaired) electrons. The number of pyridine rings is 1. The van der Waals surface area contributed by atoms with E-state index >= 15 is 0 Å². The number of carbonyl (C=O) groups is 1. The molecule has 0 saturated heterocycles. The highest BCUT2D eigenvalue weighted by Gasteiger charge is 2.18. The molecule has 1 aromatic heterocycles. The van der Waals surface area contributed by atoms with Gasteiger partial charge in [0.05, 0.1) is 11.9 Å². The van der Waals surface area contributed by atoms with Gasteiger partial charge in [0.25, 0.3) is 0 Å². The Morgan fingerprint density at radius 1 is 0.935 bits per heavy atom. The Kier molecular flexibility index (Phi) is 6.69. The Hall–Kier alpha value is -3.10. The fourth-order valence-corrected chi connectivity index (χ4v) is 4.59. The lowest BCUT2D eigenvalue weighted by atomic mass is 9.97. The van der Waals surface area contributed by atoms with E-state index in [2.05, 4.69) is 9.71 Å². The van der Waals surface area contributed by atoms with Gasteiger partial charge in [-0.15, -0.1) is 0 Å². The summed E-state index contributed by atoms with van der Waals surface area (Å²) in [5.74, 6) is -0.315. The van der Waals surface area contributed by atoms with Crippen molar-refractivity contribution in [2.45, 2.75) is 9.79 Å². The summed E-state index contributed by atoms with van der Waals surface area (Å²) < 4.78 is 5.06. The Bertz CT molecular complexity index is 1190. The lowest BCUT2D eigenvalue weighted by Gasteiger charge is -2.22. The Morgan fingerprint density at radius 3 is 2.32 bits per heavy atom. The average Bonchev–Trinajstić information content (AvgIpc) is 2.78. The maximum Gasteiger partial charge on any atom is 0.324 e. The number of anilines is 2. The third kappa shape index (κ3) is 5.34. The van der Waals surface area contributed by atoms with Crippen molar-refractivity contribution in [3.63, 3.8) is 0 Å². The first-order valence-corrected chi connectivity index (χ1v) is 11.1. The first-order valence-electron chi connectivity index (χ1n) is 9.48. The molecule has 2 N–H and O–H groups in total. The van der Waals surface area contributed by atoms with Crippen LogP contribution in [-0.4, -0.2) is 30.5 Å². The number of aromatic nitrogens is 1. The highest BCUT2D eigenvalue weighted by Crippen LogP contribution is 2.36. The summed E-state index contributed by atoms with van der Waals surface area (Å²) in [7, 11) is 5.75. The molecule has 0 aliphatic heterocycles. The van der Waals surface area contributed by atoms with E-state index in [0.717, 1.165) is 31.7 Å². The van der Waals surface area contributed by atoms with Crippen molar-refractivity contribution in [2.75, 3.05) is 15.6 Å². The first-order chi connectivity index (χ1) is 15.1. The van der Waals surface area contributed by atoms with E-state index in [1.54, 1.807) is 10.5 Å². The topological polar surface area (TPSA) is 65.5 Å². The fourth-order valence-electron chi connectivity index (χ4n) is 2.99. The molecule has 4 aromatic rings. The van der Waals surface area contributed by atoms with Crippen LogP contribution in [0, 0.1) is 0 Å². The molecular weight excluding hydrogens is 425 g/mol. The highest BCUT2D eigenvalue weighted by atomic mass is 32.2. The van der Waals surface area contributed by atoms with Gasteiger partial charge in [-0.2, -0.15) is 0 Å². The predicted molar refractivity (Wildman–Crippen MR) is 130 cm³/mol. The molecular formula is C23H18BN3O2S2. The van der Waals surface area contributed by atoms with Gasteiger partial charge in [0.15, 0.2) is 0 Å². The molecule has 5 nitrogen and oxygen atoms in total. The molecule has 152 valence electrons. The van der Waals surface area contributed by atoms with E-state index in [1.165, 1.54) is 23.9 Å². The summed E-state index contributed by atoms with van der Waals surface area (Å²) in [6, 6.07) is 25.1. The van der Waals surface area contributed by atoms with E-state index in [9.17, 15) is 9.90 Å². The normalized spacial score (nSPS) is 10.7. The maximum atomic E-state index is 11.6. The molecule has 31 heavy (non-hydrogen) atoms. The molecule has 0 aliphatic rings. The van der Waals surface area contributed by atoms with Crippen molar-refractivity contribution in [2.24, 2.45) is 0 Å². The van der Waals surface area contributed by atoms with Gasteiger partial charge >= 0.3 is 5.97 Å². The summed E-state index contributed by atoms with van der Waals surface area (Å²) in [6.07, 6.45) is 1.74. The number of carboxylic acids is 1. The average molecular weight is 443 g/mol. The lowest BCUT2D eigenvalue weighted by Crippen LogP contribution is -2.24. The monoisotopic (exact) mass is 443 g/mol. The van der Waals surface area contributed by atoms with Crippen molar-refractivity contribution in [3.8, 4) is 0 Å². The van der Waals surface area contributed by atoms with Crippen LogP contribution in [0.5, 0.6) is 0 Å². The quantitative estimate of drug-likeness (QED) is 0.301. The summed E-state index contributed by atoms with van der Waals surface area (Å²) in [6.45, 7) is -0.177. The van der Waals surface area contributed by atoms with Gasteiger partial charge in [-0.1, -0.05) is 60.1 Å². The van der Waals surface area contributed by atoms with Crippen molar-refractivity contribution >= 4 is 65.5 Å². The number of hydrogen-bond donors (Lipinski definition) is 2. The summed E-state index contributed by atoms with van der Waals surface area (Å²) in [5.41, 5.74) is 1.57. The van der Waals surface area contributed by atoms with Crippen LogP contribution in [0.15, 0.2) is 94.9 Å². The summed E-state index contributed by atoms with van der Waals surface area (Å²) >= 11 is 2.82. The summed E-state index contributed by atoms with van der Waals surface area (Å²) in [4.78, 5) is 18.1. The lowest BCUT2D eigenvalue weighted by molar-refractivity contribution is -0.135. The number of rotatable bonds is 8. The zero-order chi connectivity index (χ0) is 21.6. The molecule has 0 amide bonds. The van der Waals surface area contributed by atoms with E-state index in [0.29, 0.717) is 5.82 Å². The van der Waals surface area contributed by atoms with Crippen molar-refractivity contribution in [3.05, 3.63) is 85.1 Å². The van der Waals surface area contributed by atoms with Crippen LogP contribution < -0.4 is 14.5 Å². The SMILES string of the molecule is [B]c1ccc(SNc2cnc(N(CC(=O)O)Sc3ccccc3)c3ccccc23)cc1. The zero-order valence-corrected chi connectivity index (χ0v) is 18.1. The second-order valence-electron chi connectivity index (χ2n) is 6.65. The molecule has 0 spiro atoms.